The van der Waals surface area contributed by atoms with Crippen molar-refractivity contribution in [1.29, 1.82) is 0 Å². The Labute approximate surface area is 230 Å². The highest BCUT2D eigenvalue weighted by Crippen LogP contribution is 2.40. The Kier molecular flexibility index (Phi) is 6.29. The lowest BCUT2D eigenvalue weighted by Gasteiger charge is -2.19. The Balaban J connectivity index is 1.70. The van der Waals surface area contributed by atoms with Crippen LogP contribution in [0.4, 0.5) is 0 Å². The molecule has 0 N–H and O–H groups in total. The normalized spacial score (nSPS) is 11.1. The van der Waals surface area contributed by atoms with Crippen molar-refractivity contribution in [2.45, 2.75) is 0 Å². The molecule has 0 aliphatic rings. The van der Waals surface area contributed by atoms with Crippen LogP contribution in [-0.2, 0) is 0 Å². The second-order valence-electron chi connectivity index (χ2n) is 9.09. The number of hydrogen-bond donors (Lipinski definition) is 0. The summed E-state index contributed by atoms with van der Waals surface area (Å²) >= 11 is 12.2. The van der Waals surface area contributed by atoms with E-state index in [9.17, 15) is 9.59 Å². The lowest BCUT2D eigenvalue weighted by molar-refractivity contribution is 0.103. The molecule has 0 aromatic heterocycles. The summed E-state index contributed by atoms with van der Waals surface area (Å²) in [6.45, 7) is 0. The molecule has 0 saturated heterocycles. The van der Waals surface area contributed by atoms with Crippen molar-refractivity contribution in [2.75, 3.05) is 0 Å². The molecule has 182 valence electrons. The average molecular weight is 531 g/mol. The molecule has 6 rings (SSSR count). The van der Waals surface area contributed by atoms with Gasteiger partial charge in [-0.15, -0.1) is 0 Å². The Morgan fingerprint density at radius 2 is 0.789 bits per heavy atom. The summed E-state index contributed by atoms with van der Waals surface area (Å²) in [6, 6.07) is 37.2. The lowest BCUT2D eigenvalue weighted by Crippen LogP contribution is -2.08. The minimum atomic E-state index is -0.139. The van der Waals surface area contributed by atoms with Gasteiger partial charge in [-0.3, -0.25) is 9.59 Å². The average Bonchev–Trinajstić information content (AvgIpc) is 2.96. The van der Waals surface area contributed by atoms with Gasteiger partial charge in [-0.25, -0.2) is 0 Å². The van der Waals surface area contributed by atoms with E-state index in [1.165, 1.54) is 0 Å². The molecule has 4 heteroatoms. The van der Waals surface area contributed by atoms with E-state index in [2.05, 4.69) is 0 Å². The van der Waals surface area contributed by atoms with Crippen molar-refractivity contribution >= 4 is 56.3 Å². The third-order valence-electron chi connectivity index (χ3n) is 6.81. The predicted octanol–water partition coefficient (Wildman–Crippen LogP) is 9.43. The molecule has 0 aliphatic heterocycles. The van der Waals surface area contributed by atoms with Crippen LogP contribution < -0.4 is 0 Å². The van der Waals surface area contributed by atoms with Gasteiger partial charge in [0.15, 0.2) is 11.6 Å². The Bertz CT molecular complexity index is 1710. The number of benzene rings is 6. The van der Waals surface area contributed by atoms with E-state index >= 15 is 0 Å². The van der Waals surface area contributed by atoms with Crippen LogP contribution >= 0.6 is 23.2 Å². The SMILES string of the molecule is O=C(c1ccc(Cl)cc1)c1ccc2ccccc2c1-c1c(C(=O)c2ccc(Cl)cc2)ccc2ccccc12. The monoisotopic (exact) mass is 530 g/mol. The fourth-order valence-electron chi connectivity index (χ4n) is 4.97. The summed E-state index contributed by atoms with van der Waals surface area (Å²) in [6.07, 6.45) is 0. The fourth-order valence-corrected chi connectivity index (χ4v) is 5.23. The predicted molar refractivity (Wildman–Crippen MR) is 157 cm³/mol. The number of carbonyl (C=O) groups is 2. The van der Waals surface area contributed by atoms with Crippen LogP contribution in [0.25, 0.3) is 32.7 Å². The maximum Gasteiger partial charge on any atom is 0.193 e. The highest BCUT2D eigenvalue weighted by Gasteiger charge is 2.24. The van der Waals surface area contributed by atoms with Crippen molar-refractivity contribution in [3.63, 3.8) is 0 Å². The van der Waals surface area contributed by atoms with Gasteiger partial charge in [0.05, 0.1) is 0 Å². The standard InChI is InChI=1S/C34H20Cl2O2/c35-25-15-9-23(10-16-25)33(37)29-19-13-21-5-1-3-7-27(21)31(29)32-28-8-4-2-6-22(28)14-20-30(32)34(38)24-11-17-26(36)18-12-24/h1-20H. The molecule has 0 fully saturated rings. The van der Waals surface area contributed by atoms with Crippen LogP contribution in [0.1, 0.15) is 31.8 Å². The zero-order valence-electron chi connectivity index (χ0n) is 20.1. The van der Waals surface area contributed by atoms with Gasteiger partial charge < -0.3 is 0 Å². The lowest BCUT2D eigenvalue weighted by atomic mass is 9.83. The quantitative estimate of drug-likeness (QED) is 0.208. The third-order valence-corrected chi connectivity index (χ3v) is 7.31. The molecule has 0 amide bonds. The van der Waals surface area contributed by atoms with Crippen LogP contribution in [0.3, 0.4) is 0 Å². The molecule has 0 unspecified atom stereocenters. The van der Waals surface area contributed by atoms with E-state index in [1.807, 2.05) is 72.8 Å². The highest BCUT2D eigenvalue weighted by molar-refractivity contribution is 6.31. The molecule has 0 radical (unpaired) electrons. The maximum atomic E-state index is 14.0. The molecule has 6 aromatic rings. The minimum Gasteiger partial charge on any atom is -0.289 e. The van der Waals surface area contributed by atoms with Crippen LogP contribution in [0, 0.1) is 0 Å². The number of carbonyl (C=O) groups excluding carboxylic acids is 2. The number of halogens is 2. The Morgan fingerprint density at radius 3 is 1.18 bits per heavy atom. The molecule has 0 spiro atoms. The molecular weight excluding hydrogens is 511 g/mol. The van der Waals surface area contributed by atoms with Gasteiger partial charge in [0.2, 0.25) is 0 Å². The number of fused-ring (bicyclic) bond motifs is 2. The van der Waals surface area contributed by atoms with Crippen molar-refractivity contribution in [3.8, 4) is 11.1 Å². The third kappa shape index (κ3) is 4.28. The topological polar surface area (TPSA) is 34.1 Å². The highest BCUT2D eigenvalue weighted by atomic mass is 35.5. The summed E-state index contributed by atoms with van der Waals surface area (Å²) in [4.78, 5) is 28.0. The van der Waals surface area contributed by atoms with Crippen molar-refractivity contribution in [3.05, 3.63) is 154 Å². The van der Waals surface area contributed by atoms with Crippen LogP contribution in [0.15, 0.2) is 121 Å². The van der Waals surface area contributed by atoms with E-state index in [-0.39, 0.29) is 11.6 Å². The van der Waals surface area contributed by atoms with E-state index < -0.39 is 0 Å². The van der Waals surface area contributed by atoms with Gasteiger partial charge in [0.25, 0.3) is 0 Å². The fraction of sp³-hybridized carbons (Fsp3) is 0. The molecular formula is C34H20Cl2O2. The molecule has 38 heavy (non-hydrogen) atoms. The molecule has 0 bridgehead atoms. The maximum absolute atomic E-state index is 14.0. The summed E-state index contributed by atoms with van der Waals surface area (Å²) in [5, 5.41) is 4.87. The van der Waals surface area contributed by atoms with Crippen molar-refractivity contribution in [1.82, 2.24) is 0 Å². The van der Waals surface area contributed by atoms with Gasteiger partial charge in [-0.2, -0.15) is 0 Å². The summed E-state index contributed by atoms with van der Waals surface area (Å²) in [5.74, 6) is -0.277. The van der Waals surface area contributed by atoms with Gasteiger partial charge in [0.1, 0.15) is 0 Å². The molecule has 0 heterocycles. The van der Waals surface area contributed by atoms with Crippen molar-refractivity contribution in [2.24, 2.45) is 0 Å². The molecule has 0 aliphatic carbocycles. The first kappa shape index (κ1) is 24.1. The molecule has 0 saturated carbocycles. The van der Waals surface area contributed by atoms with Gasteiger partial charge in [-0.05, 0) is 82.2 Å². The molecule has 6 aromatic carbocycles. The van der Waals surface area contributed by atoms with E-state index in [0.717, 1.165) is 32.7 Å². The van der Waals surface area contributed by atoms with Crippen LogP contribution in [0.5, 0.6) is 0 Å². The number of ketones is 2. The van der Waals surface area contributed by atoms with E-state index in [0.29, 0.717) is 32.3 Å². The first-order valence-electron chi connectivity index (χ1n) is 12.2. The van der Waals surface area contributed by atoms with Crippen molar-refractivity contribution < 1.29 is 9.59 Å². The van der Waals surface area contributed by atoms with E-state index in [1.54, 1.807) is 48.5 Å². The second kappa shape index (κ2) is 9.90. The van der Waals surface area contributed by atoms with Gasteiger partial charge >= 0.3 is 0 Å². The Morgan fingerprint density at radius 1 is 0.421 bits per heavy atom. The minimum absolute atomic E-state index is 0.139. The summed E-state index contributed by atoms with van der Waals surface area (Å²) in [7, 11) is 0. The van der Waals surface area contributed by atoms with Crippen LogP contribution in [-0.4, -0.2) is 11.6 Å². The second-order valence-corrected chi connectivity index (χ2v) is 9.96. The number of hydrogen-bond acceptors (Lipinski definition) is 2. The first-order chi connectivity index (χ1) is 18.5. The Hall–Kier alpha value is -4.24. The first-order valence-corrected chi connectivity index (χ1v) is 12.9. The largest absolute Gasteiger partial charge is 0.289 e. The molecule has 0 atom stereocenters. The summed E-state index contributed by atoms with van der Waals surface area (Å²) < 4.78 is 0. The van der Waals surface area contributed by atoms with E-state index in [4.69, 9.17) is 23.2 Å². The number of rotatable bonds is 5. The summed E-state index contributed by atoms with van der Waals surface area (Å²) in [5.41, 5.74) is 3.56. The molecule has 2 nitrogen and oxygen atoms in total. The smallest absolute Gasteiger partial charge is 0.193 e. The van der Waals surface area contributed by atoms with Crippen LogP contribution in [0.2, 0.25) is 10.0 Å². The zero-order chi connectivity index (χ0) is 26.2. The van der Waals surface area contributed by atoms with Gasteiger partial charge in [-0.1, -0.05) is 83.9 Å². The van der Waals surface area contributed by atoms with Gasteiger partial charge in [0, 0.05) is 43.4 Å². The zero-order valence-corrected chi connectivity index (χ0v) is 21.6.